The molecule has 9 heteroatoms. The van der Waals surface area contributed by atoms with Crippen molar-refractivity contribution in [3.8, 4) is 0 Å². The number of aromatic nitrogens is 2. The van der Waals surface area contributed by atoms with Crippen molar-refractivity contribution < 1.29 is 23.8 Å². The molecule has 1 aromatic carbocycles. The summed E-state index contributed by atoms with van der Waals surface area (Å²) in [7, 11) is 0. The van der Waals surface area contributed by atoms with Gasteiger partial charge < -0.3 is 14.2 Å². The van der Waals surface area contributed by atoms with Crippen LogP contribution in [0.1, 0.15) is 30.4 Å². The molecule has 2 heterocycles. The van der Waals surface area contributed by atoms with Crippen molar-refractivity contribution in [2.75, 3.05) is 6.61 Å². The van der Waals surface area contributed by atoms with Crippen LogP contribution in [0.3, 0.4) is 0 Å². The third kappa shape index (κ3) is 4.20. The summed E-state index contributed by atoms with van der Waals surface area (Å²) in [5, 5.41) is 0. The summed E-state index contributed by atoms with van der Waals surface area (Å²) >= 11 is 0. The van der Waals surface area contributed by atoms with E-state index in [-0.39, 0.29) is 12.5 Å². The van der Waals surface area contributed by atoms with Gasteiger partial charge in [-0.05, 0) is 12.1 Å². The Bertz CT molecular complexity index is 966. The Kier molecular flexibility index (Phi) is 5.74. The summed E-state index contributed by atoms with van der Waals surface area (Å²) < 4.78 is 17.7. The Labute approximate surface area is 159 Å². The zero-order valence-electron chi connectivity index (χ0n) is 15.4. The van der Waals surface area contributed by atoms with Gasteiger partial charge in [0.1, 0.15) is 12.7 Å². The number of carbonyl (C=O) groups is 2. The van der Waals surface area contributed by atoms with Crippen molar-refractivity contribution in [3.63, 3.8) is 0 Å². The van der Waals surface area contributed by atoms with Crippen molar-refractivity contribution in [1.29, 1.82) is 0 Å². The Morgan fingerprint density at radius 1 is 1.18 bits per heavy atom. The molecular formula is C19H20N2O7. The Hall–Kier alpha value is -3.20. The predicted octanol–water partition coefficient (Wildman–Crippen LogP) is 0.859. The van der Waals surface area contributed by atoms with Crippen LogP contribution in [0.15, 0.2) is 52.2 Å². The molecule has 9 nitrogen and oxygen atoms in total. The van der Waals surface area contributed by atoms with Gasteiger partial charge in [-0.15, -0.1) is 0 Å². The maximum absolute atomic E-state index is 12.2. The fourth-order valence-corrected chi connectivity index (χ4v) is 3.07. The molecule has 0 amide bonds. The van der Waals surface area contributed by atoms with Gasteiger partial charge in [-0.25, -0.2) is 9.59 Å². The van der Waals surface area contributed by atoms with Gasteiger partial charge in [-0.3, -0.25) is 19.1 Å². The first-order valence-electron chi connectivity index (χ1n) is 8.73. The monoisotopic (exact) mass is 388 g/mol. The summed E-state index contributed by atoms with van der Waals surface area (Å²) in [5.74, 6) is -1.41. The largest absolute Gasteiger partial charge is 0.459 e. The van der Waals surface area contributed by atoms with Crippen LogP contribution in [-0.2, 0) is 19.0 Å². The molecule has 1 N–H and O–H groups in total. The SMILES string of the molecule is CC(=O)O[C@@H]1[C@H](C)[C@@H](COC(=O)c2ccccc2)O[C@H]1n1ccc(=O)[nH]c1=O. The van der Waals surface area contributed by atoms with E-state index in [1.54, 1.807) is 37.3 Å². The quantitative estimate of drug-likeness (QED) is 0.755. The predicted molar refractivity (Wildman–Crippen MR) is 96.7 cm³/mol. The van der Waals surface area contributed by atoms with Gasteiger partial charge in [0.2, 0.25) is 0 Å². The standard InChI is InChI=1S/C19H20N2O7/c1-11-14(10-26-18(24)13-6-4-3-5-7-13)28-17(16(11)27-12(2)22)21-9-8-15(23)20-19(21)25/h3-9,11,14,16-17H,10H2,1-2H3,(H,20,23,25)/t11-,14-,16-,17-/m1/s1. The lowest BCUT2D eigenvalue weighted by atomic mass is 10.0. The average molecular weight is 388 g/mol. The molecule has 1 fully saturated rings. The fraction of sp³-hybridized carbons (Fsp3) is 0.368. The molecule has 3 rings (SSSR count). The van der Waals surface area contributed by atoms with Crippen LogP contribution in [0.2, 0.25) is 0 Å². The summed E-state index contributed by atoms with van der Waals surface area (Å²) in [5.41, 5.74) is -0.841. The first-order valence-corrected chi connectivity index (χ1v) is 8.73. The molecule has 0 radical (unpaired) electrons. The second-order valence-corrected chi connectivity index (χ2v) is 6.48. The van der Waals surface area contributed by atoms with E-state index in [4.69, 9.17) is 14.2 Å². The van der Waals surface area contributed by atoms with Crippen molar-refractivity contribution in [3.05, 3.63) is 69.0 Å². The number of esters is 2. The van der Waals surface area contributed by atoms with Gasteiger partial charge in [0.15, 0.2) is 12.3 Å². The number of aromatic amines is 1. The van der Waals surface area contributed by atoms with E-state index < -0.39 is 41.6 Å². The van der Waals surface area contributed by atoms with Gasteiger partial charge >= 0.3 is 17.6 Å². The van der Waals surface area contributed by atoms with E-state index in [1.165, 1.54) is 19.2 Å². The smallest absolute Gasteiger partial charge is 0.338 e. The summed E-state index contributed by atoms with van der Waals surface area (Å²) in [4.78, 5) is 49.2. The molecule has 1 saturated heterocycles. The Morgan fingerprint density at radius 2 is 1.89 bits per heavy atom. The normalized spacial score (nSPS) is 23.9. The number of hydrogen-bond donors (Lipinski definition) is 1. The van der Waals surface area contributed by atoms with Crippen LogP contribution in [0, 0.1) is 5.92 Å². The highest BCUT2D eigenvalue weighted by Crippen LogP contribution is 2.35. The number of H-pyrrole nitrogens is 1. The van der Waals surface area contributed by atoms with Gasteiger partial charge in [-0.2, -0.15) is 0 Å². The van der Waals surface area contributed by atoms with Crippen molar-refractivity contribution in [1.82, 2.24) is 9.55 Å². The van der Waals surface area contributed by atoms with E-state index in [1.807, 2.05) is 0 Å². The molecule has 1 aliphatic heterocycles. The van der Waals surface area contributed by atoms with E-state index in [0.29, 0.717) is 5.56 Å². The lowest BCUT2D eigenvalue weighted by Gasteiger charge is -2.21. The van der Waals surface area contributed by atoms with Crippen LogP contribution in [0.25, 0.3) is 0 Å². The zero-order chi connectivity index (χ0) is 20.3. The Morgan fingerprint density at radius 3 is 2.54 bits per heavy atom. The lowest BCUT2D eigenvalue weighted by Crippen LogP contribution is -2.37. The summed E-state index contributed by atoms with van der Waals surface area (Å²) in [6.07, 6.45) is -1.08. The van der Waals surface area contributed by atoms with E-state index in [2.05, 4.69) is 4.98 Å². The molecule has 0 unspecified atom stereocenters. The molecule has 1 aliphatic rings. The van der Waals surface area contributed by atoms with E-state index in [9.17, 15) is 19.2 Å². The highest BCUT2D eigenvalue weighted by Gasteiger charge is 2.46. The number of rotatable bonds is 5. The van der Waals surface area contributed by atoms with Crippen LogP contribution < -0.4 is 11.2 Å². The molecule has 2 aromatic rings. The van der Waals surface area contributed by atoms with Crippen LogP contribution in [0.5, 0.6) is 0 Å². The second kappa shape index (κ2) is 8.22. The second-order valence-electron chi connectivity index (χ2n) is 6.48. The van der Waals surface area contributed by atoms with E-state index in [0.717, 1.165) is 4.57 Å². The molecule has 4 atom stereocenters. The van der Waals surface area contributed by atoms with Crippen molar-refractivity contribution in [2.45, 2.75) is 32.3 Å². The Balaban J connectivity index is 1.78. The zero-order valence-corrected chi connectivity index (χ0v) is 15.4. The fourth-order valence-electron chi connectivity index (χ4n) is 3.07. The molecule has 28 heavy (non-hydrogen) atoms. The first-order chi connectivity index (χ1) is 13.4. The van der Waals surface area contributed by atoms with Crippen LogP contribution in [0.4, 0.5) is 0 Å². The van der Waals surface area contributed by atoms with E-state index >= 15 is 0 Å². The van der Waals surface area contributed by atoms with Gasteiger partial charge in [0.25, 0.3) is 5.56 Å². The topological polar surface area (TPSA) is 117 Å². The van der Waals surface area contributed by atoms with Crippen LogP contribution >= 0.6 is 0 Å². The number of nitrogens with zero attached hydrogens (tertiary/aromatic N) is 1. The lowest BCUT2D eigenvalue weighted by molar-refractivity contribution is -0.153. The average Bonchev–Trinajstić information content (AvgIpc) is 2.96. The maximum Gasteiger partial charge on any atom is 0.338 e. The first kappa shape index (κ1) is 19.6. The maximum atomic E-state index is 12.2. The van der Waals surface area contributed by atoms with Crippen molar-refractivity contribution in [2.24, 2.45) is 5.92 Å². The highest BCUT2D eigenvalue weighted by atomic mass is 16.6. The summed E-state index contributed by atoms with van der Waals surface area (Å²) in [6.45, 7) is 2.94. The number of nitrogens with one attached hydrogen (secondary N) is 1. The number of ether oxygens (including phenoxy) is 3. The minimum absolute atomic E-state index is 0.0821. The minimum atomic E-state index is -0.955. The number of benzene rings is 1. The third-order valence-corrected chi connectivity index (χ3v) is 4.52. The molecule has 0 spiro atoms. The number of carbonyl (C=O) groups excluding carboxylic acids is 2. The molecule has 0 bridgehead atoms. The third-order valence-electron chi connectivity index (χ3n) is 4.52. The summed E-state index contributed by atoms with van der Waals surface area (Å²) in [6, 6.07) is 9.66. The highest BCUT2D eigenvalue weighted by molar-refractivity contribution is 5.89. The van der Waals surface area contributed by atoms with Crippen LogP contribution in [-0.4, -0.2) is 40.3 Å². The molecular weight excluding hydrogens is 368 g/mol. The van der Waals surface area contributed by atoms with Gasteiger partial charge in [-0.1, -0.05) is 25.1 Å². The van der Waals surface area contributed by atoms with Gasteiger partial charge in [0.05, 0.1) is 5.56 Å². The molecule has 1 aromatic heterocycles. The van der Waals surface area contributed by atoms with Crippen molar-refractivity contribution >= 4 is 11.9 Å². The molecule has 148 valence electrons. The molecule has 0 aliphatic carbocycles. The number of hydrogen-bond acceptors (Lipinski definition) is 7. The molecule has 0 saturated carbocycles. The van der Waals surface area contributed by atoms with Gasteiger partial charge in [0, 0.05) is 25.1 Å². The minimum Gasteiger partial charge on any atom is -0.459 e.